The highest BCUT2D eigenvalue weighted by Crippen LogP contribution is 2.26. The molecular formula is C19H24N4O5S. The average molecular weight is 420 g/mol. The van der Waals surface area contributed by atoms with Crippen LogP contribution in [0.5, 0.6) is 5.75 Å². The number of benzene rings is 1. The van der Waals surface area contributed by atoms with Gasteiger partial charge in [0.25, 0.3) is 5.91 Å². The van der Waals surface area contributed by atoms with Gasteiger partial charge in [-0.1, -0.05) is 0 Å². The first-order valence-electron chi connectivity index (χ1n) is 8.80. The van der Waals surface area contributed by atoms with Crippen LogP contribution in [0, 0.1) is 0 Å². The van der Waals surface area contributed by atoms with Crippen molar-refractivity contribution < 1.29 is 22.7 Å². The van der Waals surface area contributed by atoms with Crippen LogP contribution in [0.4, 0.5) is 0 Å². The van der Waals surface area contributed by atoms with Gasteiger partial charge >= 0.3 is 0 Å². The van der Waals surface area contributed by atoms with E-state index in [4.69, 9.17) is 4.74 Å². The minimum Gasteiger partial charge on any atom is -0.495 e. The molecule has 0 saturated heterocycles. The summed E-state index contributed by atoms with van der Waals surface area (Å²) in [7, 11) is 0.362. The molecule has 1 heterocycles. The quantitative estimate of drug-likeness (QED) is 0.619. The molecule has 1 aromatic heterocycles. The summed E-state index contributed by atoms with van der Waals surface area (Å²) in [5, 5.41) is 5.36. The van der Waals surface area contributed by atoms with Crippen molar-refractivity contribution in [3.8, 4) is 5.75 Å². The van der Waals surface area contributed by atoms with Gasteiger partial charge in [0.05, 0.1) is 7.11 Å². The van der Waals surface area contributed by atoms with Crippen molar-refractivity contribution in [2.75, 3.05) is 27.7 Å². The van der Waals surface area contributed by atoms with Crippen molar-refractivity contribution in [1.29, 1.82) is 0 Å². The van der Waals surface area contributed by atoms with Gasteiger partial charge in [-0.25, -0.2) is 12.7 Å². The van der Waals surface area contributed by atoms with Crippen LogP contribution in [-0.4, -0.2) is 57.3 Å². The number of aromatic nitrogens is 1. The first-order valence-corrected chi connectivity index (χ1v) is 10.2. The number of hydrogen-bond donors (Lipinski definition) is 2. The van der Waals surface area contributed by atoms with Crippen molar-refractivity contribution in [3.63, 3.8) is 0 Å². The fraction of sp³-hybridized carbons (Fsp3) is 0.316. The number of pyridine rings is 1. The molecule has 0 bridgehead atoms. The van der Waals surface area contributed by atoms with Crippen molar-refractivity contribution in [1.82, 2.24) is 19.9 Å². The number of nitrogens with one attached hydrogen (secondary N) is 2. The summed E-state index contributed by atoms with van der Waals surface area (Å²) in [6.07, 6.45) is 3.37. The van der Waals surface area contributed by atoms with E-state index in [1.807, 2.05) is 0 Å². The van der Waals surface area contributed by atoms with E-state index in [2.05, 4.69) is 15.6 Å². The molecule has 2 N–H and O–H groups in total. The lowest BCUT2D eigenvalue weighted by Crippen LogP contribution is -2.30. The molecule has 0 atom stereocenters. The maximum absolute atomic E-state index is 12.4. The fourth-order valence-electron chi connectivity index (χ4n) is 2.40. The molecule has 2 rings (SSSR count). The summed E-state index contributed by atoms with van der Waals surface area (Å²) < 4.78 is 31.0. The standard InChI is InChI=1S/C19H24N4O5S/c1-23(2)29(26,27)17-12-15(4-5-16(17)28-3)19(25)21-11-8-18(24)22-13-14-6-9-20-10-7-14/h4-7,9-10,12H,8,11,13H2,1-3H3,(H,21,25)(H,22,24). The van der Waals surface area contributed by atoms with Gasteiger partial charge in [-0.15, -0.1) is 0 Å². The number of nitrogens with zero attached hydrogens (tertiary/aromatic N) is 2. The molecular weight excluding hydrogens is 396 g/mol. The lowest BCUT2D eigenvalue weighted by Gasteiger charge is -2.15. The molecule has 0 aliphatic heterocycles. The van der Waals surface area contributed by atoms with Crippen LogP contribution in [0.15, 0.2) is 47.6 Å². The number of ether oxygens (including phenoxy) is 1. The number of methoxy groups -OCH3 is 1. The highest BCUT2D eigenvalue weighted by Gasteiger charge is 2.23. The Bertz CT molecular complexity index is 962. The maximum atomic E-state index is 12.4. The highest BCUT2D eigenvalue weighted by molar-refractivity contribution is 7.89. The molecule has 2 amide bonds. The van der Waals surface area contributed by atoms with Gasteiger partial charge in [0, 0.05) is 51.6 Å². The van der Waals surface area contributed by atoms with Crippen molar-refractivity contribution in [2.45, 2.75) is 17.9 Å². The topological polar surface area (TPSA) is 118 Å². The molecule has 0 unspecified atom stereocenters. The van der Waals surface area contributed by atoms with Crippen LogP contribution in [0.25, 0.3) is 0 Å². The lowest BCUT2D eigenvalue weighted by molar-refractivity contribution is -0.121. The smallest absolute Gasteiger partial charge is 0.251 e. The van der Waals surface area contributed by atoms with E-state index in [9.17, 15) is 18.0 Å². The summed E-state index contributed by atoms with van der Waals surface area (Å²) in [6, 6.07) is 7.74. The number of amides is 2. The van der Waals surface area contributed by atoms with Crippen LogP contribution in [0.2, 0.25) is 0 Å². The Morgan fingerprint density at radius 2 is 1.79 bits per heavy atom. The molecule has 29 heavy (non-hydrogen) atoms. The van der Waals surface area contributed by atoms with E-state index in [-0.39, 0.29) is 35.1 Å². The number of hydrogen-bond acceptors (Lipinski definition) is 6. The Morgan fingerprint density at radius 1 is 1.10 bits per heavy atom. The van der Waals surface area contributed by atoms with Gasteiger partial charge in [-0.2, -0.15) is 0 Å². The van der Waals surface area contributed by atoms with E-state index in [0.717, 1.165) is 9.87 Å². The Kier molecular flexibility index (Phi) is 7.68. The first kappa shape index (κ1) is 22.3. The summed E-state index contributed by atoms with van der Waals surface area (Å²) in [5.74, 6) is -0.553. The molecule has 0 aliphatic carbocycles. The molecule has 2 aromatic rings. The first-order chi connectivity index (χ1) is 13.8. The lowest BCUT2D eigenvalue weighted by atomic mass is 10.2. The van der Waals surface area contributed by atoms with Crippen LogP contribution >= 0.6 is 0 Å². The highest BCUT2D eigenvalue weighted by atomic mass is 32.2. The molecule has 0 aliphatic rings. The van der Waals surface area contributed by atoms with Gasteiger partial charge in [0.1, 0.15) is 10.6 Å². The normalized spacial score (nSPS) is 11.2. The second kappa shape index (κ2) is 9.99. The number of rotatable bonds is 9. The predicted octanol–water partition coefficient (Wildman–Crippen LogP) is 0.777. The third kappa shape index (κ3) is 6.00. The zero-order valence-corrected chi connectivity index (χ0v) is 17.3. The third-order valence-electron chi connectivity index (χ3n) is 4.06. The SMILES string of the molecule is COc1ccc(C(=O)NCCC(=O)NCc2ccncc2)cc1S(=O)(=O)N(C)C. The third-order valence-corrected chi connectivity index (χ3v) is 5.90. The summed E-state index contributed by atoms with van der Waals surface area (Å²) in [6.45, 7) is 0.488. The molecule has 10 heteroatoms. The zero-order chi connectivity index (χ0) is 21.4. The molecule has 1 aromatic carbocycles. The molecule has 0 radical (unpaired) electrons. The Balaban J connectivity index is 1.94. The minimum atomic E-state index is -3.78. The van der Waals surface area contributed by atoms with E-state index in [1.54, 1.807) is 24.5 Å². The van der Waals surface area contributed by atoms with E-state index in [0.29, 0.717) is 6.54 Å². The van der Waals surface area contributed by atoms with Gasteiger partial charge in [0.15, 0.2) is 0 Å². The Labute approximate surface area is 170 Å². The van der Waals surface area contributed by atoms with Gasteiger partial charge < -0.3 is 15.4 Å². The largest absolute Gasteiger partial charge is 0.495 e. The number of carbonyl (C=O) groups excluding carboxylic acids is 2. The molecule has 9 nitrogen and oxygen atoms in total. The van der Waals surface area contributed by atoms with Gasteiger partial charge in [-0.05, 0) is 35.9 Å². The second-order valence-corrected chi connectivity index (χ2v) is 8.41. The number of carbonyl (C=O) groups is 2. The predicted molar refractivity (Wildman–Crippen MR) is 107 cm³/mol. The van der Waals surface area contributed by atoms with E-state index in [1.165, 1.54) is 39.4 Å². The zero-order valence-electron chi connectivity index (χ0n) is 16.5. The Morgan fingerprint density at radius 3 is 2.41 bits per heavy atom. The maximum Gasteiger partial charge on any atom is 0.251 e. The Hall–Kier alpha value is -2.98. The molecule has 0 spiro atoms. The van der Waals surface area contributed by atoms with Crippen LogP contribution in [0.3, 0.4) is 0 Å². The fourth-order valence-corrected chi connectivity index (χ4v) is 3.47. The number of sulfonamides is 1. The van der Waals surface area contributed by atoms with Crippen LogP contribution in [0.1, 0.15) is 22.3 Å². The molecule has 156 valence electrons. The summed E-state index contributed by atoms with van der Waals surface area (Å²) in [4.78, 5) is 28.1. The van der Waals surface area contributed by atoms with Crippen molar-refractivity contribution in [3.05, 3.63) is 53.9 Å². The van der Waals surface area contributed by atoms with Gasteiger partial charge in [0.2, 0.25) is 15.9 Å². The minimum absolute atomic E-state index is 0.0931. The molecule has 0 fully saturated rings. The average Bonchev–Trinajstić information content (AvgIpc) is 2.72. The van der Waals surface area contributed by atoms with Gasteiger partial charge in [-0.3, -0.25) is 14.6 Å². The van der Waals surface area contributed by atoms with E-state index < -0.39 is 15.9 Å². The monoisotopic (exact) mass is 420 g/mol. The summed E-state index contributed by atoms with van der Waals surface area (Å²) >= 11 is 0. The van der Waals surface area contributed by atoms with E-state index >= 15 is 0 Å². The molecule has 0 saturated carbocycles. The van der Waals surface area contributed by atoms with Crippen LogP contribution in [-0.2, 0) is 21.4 Å². The van der Waals surface area contributed by atoms with Crippen molar-refractivity contribution in [2.24, 2.45) is 0 Å². The summed E-state index contributed by atoms with van der Waals surface area (Å²) in [5.41, 5.74) is 1.08. The van der Waals surface area contributed by atoms with Crippen molar-refractivity contribution >= 4 is 21.8 Å². The van der Waals surface area contributed by atoms with Crippen LogP contribution < -0.4 is 15.4 Å². The second-order valence-electron chi connectivity index (χ2n) is 6.29.